The summed E-state index contributed by atoms with van der Waals surface area (Å²) in [4.78, 5) is 30.7. The Bertz CT molecular complexity index is 1040. The van der Waals surface area contributed by atoms with Gasteiger partial charge in [-0.1, -0.05) is 18.2 Å². The van der Waals surface area contributed by atoms with Crippen molar-refractivity contribution in [3.8, 4) is 0 Å². The molecule has 3 heterocycles. The highest BCUT2D eigenvalue weighted by molar-refractivity contribution is 5.87. The Balaban J connectivity index is 1.51. The second-order valence-electron chi connectivity index (χ2n) is 7.36. The number of benzene rings is 1. The lowest BCUT2D eigenvalue weighted by Crippen LogP contribution is -2.40. The Labute approximate surface area is 163 Å². The molecule has 144 valence electrons. The Morgan fingerprint density at radius 1 is 1.21 bits per heavy atom. The Morgan fingerprint density at radius 3 is 2.89 bits per heavy atom. The number of aryl methyl sites for hydroxylation is 1. The molecule has 1 N–H and O–H groups in total. The standard InChI is InChI=1S/C22H23N3O3/c1-15-19(25-11-3-2-9-20(25)23-15)13-21(26)24-10-5-8-18(14-24)16-6-4-7-17(12-16)22(27)28/h2-4,6-7,9,11-12,18H,5,8,10,13-14H2,1H3,(H,27,28)/t18-/m1/s1. The van der Waals surface area contributed by atoms with Gasteiger partial charge in [-0.3, -0.25) is 4.79 Å². The molecule has 28 heavy (non-hydrogen) atoms. The van der Waals surface area contributed by atoms with Crippen LogP contribution in [0.5, 0.6) is 0 Å². The molecule has 2 aromatic heterocycles. The number of piperidine rings is 1. The number of carbonyl (C=O) groups is 2. The first-order valence-electron chi connectivity index (χ1n) is 9.56. The van der Waals surface area contributed by atoms with Gasteiger partial charge in [0.25, 0.3) is 0 Å². The van der Waals surface area contributed by atoms with Crippen LogP contribution in [-0.2, 0) is 11.2 Å². The quantitative estimate of drug-likeness (QED) is 0.757. The van der Waals surface area contributed by atoms with Crippen molar-refractivity contribution in [3.05, 3.63) is 71.2 Å². The number of rotatable bonds is 4. The van der Waals surface area contributed by atoms with E-state index in [1.165, 1.54) is 0 Å². The number of likely N-dealkylation sites (tertiary alicyclic amines) is 1. The third kappa shape index (κ3) is 3.50. The van der Waals surface area contributed by atoms with Crippen molar-refractivity contribution in [2.75, 3.05) is 13.1 Å². The number of amides is 1. The normalized spacial score (nSPS) is 17.0. The Hall–Kier alpha value is -3.15. The molecule has 1 saturated heterocycles. The van der Waals surface area contributed by atoms with Crippen LogP contribution in [0.1, 0.15) is 46.1 Å². The molecule has 1 atom stereocenters. The van der Waals surface area contributed by atoms with Crippen molar-refractivity contribution < 1.29 is 14.7 Å². The molecule has 4 rings (SSSR count). The van der Waals surface area contributed by atoms with Crippen LogP contribution in [0.2, 0.25) is 0 Å². The van der Waals surface area contributed by atoms with E-state index in [4.69, 9.17) is 0 Å². The molecule has 0 bridgehead atoms. The second kappa shape index (κ2) is 7.46. The van der Waals surface area contributed by atoms with Crippen LogP contribution in [0.3, 0.4) is 0 Å². The summed E-state index contributed by atoms with van der Waals surface area (Å²) >= 11 is 0. The zero-order valence-electron chi connectivity index (χ0n) is 15.8. The molecule has 1 amide bonds. The molecule has 0 spiro atoms. The molecule has 1 aliphatic heterocycles. The molecule has 6 nitrogen and oxygen atoms in total. The van der Waals surface area contributed by atoms with Crippen molar-refractivity contribution in [1.29, 1.82) is 0 Å². The summed E-state index contributed by atoms with van der Waals surface area (Å²) in [6, 6.07) is 12.9. The lowest BCUT2D eigenvalue weighted by molar-refractivity contribution is -0.131. The van der Waals surface area contributed by atoms with Gasteiger partial charge in [0, 0.05) is 25.2 Å². The molecule has 0 radical (unpaired) electrons. The van der Waals surface area contributed by atoms with Crippen LogP contribution in [-0.4, -0.2) is 44.4 Å². The molecule has 0 aliphatic carbocycles. The number of aromatic nitrogens is 2. The van der Waals surface area contributed by atoms with Gasteiger partial charge >= 0.3 is 5.97 Å². The van der Waals surface area contributed by atoms with E-state index in [1.54, 1.807) is 18.2 Å². The number of hydrogen-bond acceptors (Lipinski definition) is 3. The fraction of sp³-hybridized carbons (Fsp3) is 0.318. The lowest BCUT2D eigenvalue weighted by Gasteiger charge is -2.33. The summed E-state index contributed by atoms with van der Waals surface area (Å²) in [7, 11) is 0. The van der Waals surface area contributed by atoms with Gasteiger partial charge in [-0.2, -0.15) is 0 Å². The lowest BCUT2D eigenvalue weighted by atomic mass is 9.89. The molecule has 3 aromatic rings. The number of pyridine rings is 1. The monoisotopic (exact) mass is 377 g/mol. The summed E-state index contributed by atoms with van der Waals surface area (Å²) in [5, 5.41) is 9.23. The van der Waals surface area contributed by atoms with E-state index in [0.717, 1.165) is 42.0 Å². The van der Waals surface area contributed by atoms with E-state index in [1.807, 2.05) is 46.7 Å². The number of imidazole rings is 1. The van der Waals surface area contributed by atoms with Crippen LogP contribution < -0.4 is 0 Å². The molecule has 0 saturated carbocycles. The topological polar surface area (TPSA) is 74.9 Å². The van der Waals surface area contributed by atoms with Crippen molar-refractivity contribution in [2.24, 2.45) is 0 Å². The third-order valence-electron chi connectivity index (χ3n) is 5.53. The number of fused-ring (bicyclic) bond motifs is 1. The maximum Gasteiger partial charge on any atom is 0.335 e. The zero-order chi connectivity index (χ0) is 19.7. The minimum atomic E-state index is -0.923. The fourth-order valence-corrected chi connectivity index (χ4v) is 4.03. The summed E-state index contributed by atoms with van der Waals surface area (Å²) < 4.78 is 1.98. The van der Waals surface area contributed by atoms with Crippen LogP contribution in [0, 0.1) is 6.92 Å². The molecule has 1 aromatic carbocycles. The SMILES string of the molecule is Cc1nc2ccccn2c1CC(=O)N1CCC[C@@H](c2cccc(C(=O)O)c2)C1. The first kappa shape index (κ1) is 18.2. The van der Waals surface area contributed by atoms with E-state index in [0.29, 0.717) is 18.5 Å². The van der Waals surface area contributed by atoms with E-state index >= 15 is 0 Å². The van der Waals surface area contributed by atoms with Crippen LogP contribution in [0.15, 0.2) is 48.7 Å². The smallest absolute Gasteiger partial charge is 0.335 e. The summed E-state index contributed by atoms with van der Waals surface area (Å²) in [6.45, 7) is 3.30. The minimum absolute atomic E-state index is 0.0906. The number of aromatic carboxylic acids is 1. The minimum Gasteiger partial charge on any atom is -0.478 e. The van der Waals surface area contributed by atoms with Gasteiger partial charge in [-0.15, -0.1) is 0 Å². The highest BCUT2D eigenvalue weighted by Gasteiger charge is 2.26. The van der Waals surface area contributed by atoms with Gasteiger partial charge in [-0.25, -0.2) is 9.78 Å². The van der Waals surface area contributed by atoms with Gasteiger partial charge in [0.1, 0.15) is 5.65 Å². The average molecular weight is 377 g/mol. The maximum absolute atomic E-state index is 13.0. The van der Waals surface area contributed by atoms with E-state index in [-0.39, 0.29) is 11.8 Å². The van der Waals surface area contributed by atoms with Crippen LogP contribution in [0.25, 0.3) is 5.65 Å². The summed E-state index contributed by atoms with van der Waals surface area (Å²) in [5.41, 5.74) is 3.94. The summed E-state index contributed by atoms with van der Waals surface area (Å²) in [5.74, 6) is -0.665. The molecule has 0 unspecified atom stereocenters. The predicted molar refractivity (Wildman–Crippen MR) is 106 cm³/mol. The molecule has 1 aliphatic rings. The highest BCUT2D eigenvalue weighted by Crippen LogP contribution is 2.28. The van der Waals surface area contributed by atoms with Gasteiger partial charge in [0.2, 0.25) is 5.91 Å². The Kier molecular flexibility index (Phi) is 4.86. The zero-order valence-corrected chi connectivity index (χ0v) is 15.8. The fourth-order valence-electron chi connectivity index (χ4n) is 4.03. The number of hydrogen-bond donors (Lipinski definition) is 1. The van der Waals surface area contributed by atoms with Crippen molar-refractivity contribution in [2.45, 2.75) is 32.1 Å². The van der Waals surface area contributed by atoms with E-state index < -0.39 is 5.97 Å². The number of carbonyl (C=O) groups excluding carboxylic acids is 1. The number of nitrogens with zero attached hydrogens (tertiary/aromatic N) is 3. The van der Waals surface area contributed by atoms with Crippen molar-refractivity contribution in [1.82, 2.24) is 14.3 Å². The third-order valence-corrected chi connectivity index (χ3v) is 5.53. The maximum atomic E-state index is 13.0. The van der Waals surface area contributed by atoms with Crippen LogP contribution in [0.4, 0.5) is 0 Å². The summed E-state index contributed by atoms with van der Waals surface area (Å²) in [6.07, 6.45) is 4.13. The van der Waals surface area contributed by atoms with Crippen LogP contribution >= 0.6 is 0 Å². The van der Waals surface area contributed by atoms with Gasteiger partial charge in [0.15, 0.2) is 0 Å². The van der Waals surface area contributed by atoms with Gasteiger partial charge < -0.3 is 14.4 Å². The average Bonchev–Trinajstić information content (AvgIpc) is 3.03. The van der Waals surface area contributed by atoms with Crippen molar-refractivity contribution >= 4 is 17.5 Å². The van der Waals surface area contributed by atoms with Crippen molar-refractivity contribution in [3.63, 3.8) is 0 Å². The first-order valence-corrected chi connectivity index (χ1v) is 9.56. The predicted octanol–water partition coefficient (Wildman–Crippen LogP) is 3.29. The van der Waals surface area contributed by atoms with E-state index in [9.17, 15) is 14.7 Å². The first-order chi connectivity index (χ1) is 13.5. The highest BCUT2D eigenvalue weighted by atomic mass is 16.4. The van der Waals surface area contributed by atoms with E-state index in [2.05, 4.69) is 4.98 Å². The second-order valence-corrected chi connectivity index (χ2v) is 7.36. The molecule has 1 fully saturated rings. The Morgan fingerprint density at radius 2 is 2.07 bits per heavy atom. The van der Waals surface area contributed by atoms with Gasteiger partial charge in [-0.05, 0) is 49.6 Å². The largest absolute Gasteiger partial charge is 0.478 e. The molecular formula is C22H23N3O3. The number of carboxylic acid groups (broad SMARTS) is 1. The van der Waals surface area contributed by atoms with Gasteiger partial charge in [0.05, 0.1) is 23.4 Å². The molecular weight excluding hydrogens is 354 g/mol. The number of carboxylic acids is 1. The molecule has 6 heteroatoms.